The van der Waals surface area contributed by atoms with Crippen molar-refractivity contribution in [3.05, 3.63) is 48.5 Å². The molecule has 2 aromatic rings. The van der Waals surface area contributed by atoms with E-state index in [0.717, 1.165) is 55.6 Å². The molecule has 0 heterocycles. The standard InChI is InChI=1S/C28H35NO3/c1-2-3-4-5-6-7-20-31-26-16-12-23(13-17-26)24-14-18-27(19-15-24)32-28(30)25-10-8-22(21-29)9-11-25/h12-19,22,25H,2-11,20H2,1H3. The molecule has 4 heteroatoms. The topological polar surface area (TPSA) is 59.3 Å². The minimum absolute atomic E-state index is 0.0886. The van der Waals surface area contributed by atoms with E-state index < -0.39 is 0 Å². The first kappa shape index (κ1) is 23.9. The van der Waals surface area contributed by atoms with Crippen molar-refractivity contribution in [2.24, 2.45) is 11.8 Å². The largest absolute Gasteiger partial charge is 0.494 e. The number of hydrogen-bond acceptors (Lipinski definition) is 4. The normalized spacial score (nSPS) is 18.0. The Morgan fingerprint density at radius 2 is 1.41 bits per heavy atom. The summed E-state index contributed by atoms with van der Waals surface area (Å²) in [7, 11) is 0. The molecule has 1 aliphatic carbocycles. The lowest BCUT2D eigenvalue weighted by Gasteiger charge is -2.23. The van der Waals surface area contributed by atoms with Gasteiger partial charge in [-0.15, -0.1) is 0 Å². The third-order valence-corrected chi connectivity index (χ3v) is 6.27. The van der Waals surface area contributed by atoms with Crippen LogP contribution >= 0.6 is 0 Å². The van der Waals surface area contributed by atoms with Crippen LogP contribution in [0.15, 0.2) is 48.5 Å². The van der Waals surface area contributed by atoms with Gasteiger partial charge in [0.2, 0.25) is 0 Å². The molecule has 1 fully saturated rings. The van der Waals surface area contributed by atoms with Crippen LogP contribution in [-0.2, 0) is 4.79 Å². The van der Waals surface area contributed by atoms with E-state index >= 15 is 0 Å². The molecule has 0 radical (unpaired) electrons. The van der Waals surface area contributed by atoms with Crippen LogP contribution in [0.4, 0.5) is 0 Å². The van der Waals surface area contributed by atoms with E-state index in [-0.39, 0.29) is 17.8 Å². The van der Waals surface area contributed by atoms with E-state index in [9.17, 15) is 4.79 Å². The van der Waals surface area contributed by atoms with Crippen LogP contribution < -0.4 is 9.47 Å². The fraction of sp³-hybridized carbons (Fsp3) is 0.500. The van der Waals surface area contributed by atoms with Crippen LogP contribution in [0.5, 0.6) is 11.5 Å². The van der Waals surface area contributed by atoms with E-state index in [0.29, 0.717) is 5.75 Å². The van der Waals surface area contributed by atoms with Crippen molar-refractivity contribution < 1.29 is 14.3 Å². The summed E-state index contributed by atoms with van der Waals surface area (Å²) >= 11 is 0. The number of benzene rings is 2. The molecule has 0 atom stereocenters. The zero-order valence-electron chi connectivity index (χ0n) is 19.2. The predicted octanol–water partition coefficient (Wildman–Crippen LogP) is 7.33. The van der Waals surface area contributed by atoms with Crippen molar-refractivity contribution >= 4 is 5.97 Å². The minimum atomic E-state index is -0.180. The van der Waals surface area contributed by atoms with Crippen LogP contribution in [0.25, 0.3) is 11.1 Å². The number of carbonyl (C=O) groups is 1. The summed E-state index contributed by atoms with van der Waals surface area (Å²) in [4.78, 5) is 12.4. The monoisotopic (exact) mass is 433 g/mol. The first-order chi connectivity index (χ1) is 15.7. The van der Waals surface area contributed by atoms with Crippen LogP contribution in [0.3, 0.4) is 0 Å². The fourth-order valence-corrected chi connectivity index (χ4v) is 4.19. The Labute approximate surface area is 192 Å². The maximum absolute atomic E-state index is 12.4. The van der Waals surface area contributed by atoms with Crippen LogP contribution in [0.2, 0.25) is 0 Å². The van der Waals surface area contributed by atoms with Gasteiger partial charge in [-0.3, -0.25) is 4.79 Å². The second kappa shape index (κ2) is 12.9. The highest BCUT2D eigenvalue weighted by Gasteiger charge is 2.27. The lowest BCUT2D eigenvalue weighted by Crippen LogP contribution is -2.25. The van der Waals surface area contributed by atoms with Gasteiger partial charge in [-0.25, -0.2) is 0 Å². The van der Waals surface area contributed by atoms with Gasteiger partial charge in [0, 0.05) is 5.92 Å². The Hall–Kier alpha value is -2.80. The van der Waals surface area contributed by atoms with Gasteiger partial charge in [0.15, 0.2) is 0 Å². The molecule has 0 aromatic heterocycles. The maximum Gasteiger partial charge on any atom is 0.314 e. The van der Waals surface area contributed by atoms with Gasteiger partial charge in [-0.2, -0.15) is 5.26 Å². The molecule has 0 spiro atoms. The van der Waals surface area contributed by atoms with E-state index in [4.69, 9.17) is 14.7 Å². The van der Waals surface area contributed by atoms with Crippen molar-refractivity contribution in [2.75, 3.05) is 6.61 Å². The lowest BCUT2D eigenvalue weighted by atomic mass is 9.83. The summed E-state index contributed by atoms with van der Waals surface area (Å²) in [6.45, 7) is 3.00. The SMILES string of the molecule is CCCCCCCCOc1ccc(-c2ccc(OC(=O)C3CCC(C#N)CC3)cc2)cc1. The molecule has 4 nitrogen and oxygen atoms in total. The van der Waals surface area contributed by atoms with Gasteiger partial charge in [0.25, 0.3) is 0 Å². The van der Waals surface area contributed by atoms with Crippen LogP contribution in [0.1, 0.15) is 71.1 Å². The van der Waals surface area contributed by atoms with Crippen molar-refractivity contribution in [3.63, 3.8) is 0 Å². The van der Waals surface area contributed by atoms with Crippen LogP contribution in [0, 0.1) is 23.2 Å². The predicted molar refractivity (Wildman–Crippen MR) is 127 cm³/mol. The molecule has 1 aliphatic rings. The number of ether oxygens (including phenoxy) is 2. The average Bonchev–Trinajstić information content (AvgIpc) is 2.84. The van der Waals surface area contributed by atoms with Crippen molar-refractivity contribution in [1.29, 1.82) is 5.26 Å². The Kier molecular flexibility index (Phi) is 9.62. The summed E-state index contributed by atoms with van der Waals surface area (Å²) in [5.41, 5.74) is 2.17. The van der Waals surface area contributed by atoms with E-state index in [2.05, 4.69) is 25.1 Å². The zero-order valence-corrected chi connectivity index (χ0v) is 19.2. The fourth-order valence-electron chi connectivity index (χ4n) is 4.19. The third-order valence-electron chi connectivity index (χ3n) is 6.27. The number of esters is 1. The van der Waals surface area contributed by atoms with E-state index in [1.54, 1.807) is 0 Å². The quantitative estimate of drug-likeness (QED) is 0.211. The molecular weight excluding hydrogens is 398 g/mol. The summed E-state index contributed by atoms with van der Waals surface area (Å²) in [6.07, 6.45) is 10.6. The Balaban J connectivity index is 1.43. The molecule has 0 unspecified atom stereocenters. The van der Waals surface area contributed by atoms with Gasteiger partial charge < -0.3 is 9.47 Å². The van der Waals surface area contributed by atoms with Gasteiger partial charge in [-0.1, -0.05) is 63.3 Å². The maximum atomic E-state index is 12.4. The molecule has 0 saturated heterocycles. The number of carbonyl (C=O) groups excluding carboxylic acids is 1. The van der Waals surface area contributed by atoms with E-state index in [1.165, 1.54) is 32.1 Å². The lowest BCUT2D eigenvalue weighted by molar-refractivity contribution is -0.140. The first-order valence-electron chi connectivity index (χ1n) is 12.1. The molecule has 32 heavy (non-hydrogen) atoms. The van der Waals surface area contributed by atoms with Crippen LogP contribution in [-0.4, -0.2) is 12.6 Å². The summed E-state index contributed by atoms with van der Waals surface area (Å²) in [5, 5.41) is 8.99. The smallest absolute Gasteiger partial charge is 0.314 e. The number of hydrogen-bond donors (Lipinski definition) is 0. The number of rotatable bonds is 11. The third kappa shape index (κ3) is 7.41. The molecule has 0 amide bonds. The highest BCUT2D eigenvalue weighted by atomic mass is 16.5. The minimum Gasteiger partial charge on any atom is -0.494 e. The van der Waals surface area contributed by atoms with Gasteiger partial charge >= 0.3 is 5.97 Å². The first-order valence-corrected chi connectivity index (χ1v) is 12.1. The van der Waals surface area contributed by atoms with Crippen molar-refractivity contribution in [2.45, 2.75) is 71.1 Å². The van der Waals surface area contributed by atoms with Crippen molar-refractivity contribution in [3.8, 4) is 28.7 Å². The van der Waals surface area contributed by atoms with Gasteiger partial charge in [0.05, 0.1) is 18.6 Å². The molecule has 3 rings (SSSR count). The molecule has 1 saturated carbocycles. The second-order valence-electron chi connectivity index (χ2n) is 8.76. The summed E-state index contributed by atoms with van der Waals surface area (Å²) in [5.74, 6) is 1.29. The number of nitriles is 1. The molecule has 2 aromatic carbocycles. The molecule has 170 valence electrons. The molecule has 0 aliphatic heterocycles. The highest BCUT2D eigenvalue weighted by Crippen LogP contribution is 2.30. The number of nitrogens with zero attached hydrogens (tertiary/aromatic N) is 1. The highest BCUT2D eigenvalue weighted by molar-refractivity contribution is 5.75. The molecule has 0 N–H and O–H groups in total. The van der Waals surface area contributed by atoms with E-state index in [1.807, 2.05) is 36.4 Å². The second-order valence-corrected chi connectivity index (χ2v) is 8.76. The molecular formula is C28H35NO3. The average molecular weight is 434 g/mol. The summed E-state index contributed by atoms with van der Waals surface area (Å²) in [6, 6.07) is 18.1. The Morgan fingerprint density at radius 3 is 2.00 bits per heavy atom. The Bertz CT molecular complexity index is 859. The Morgan fingerprint density at radius 1 is 0.844 bits per heavy atom. The zero-order chi connectivity index (χ0) is 22.6. The van der Waals surface area contributed by atoms with Gasteiger partial charge in [0.1, 0.15) is 11.5 Å². The summed E-state index contributed by atoms with van der Waals surface area (Å²) < 4.78 is 11.4. The van der Waals surface area contributed by atoms with Crippen molar-refractivity contribution in [1.82, 2.24) is 0 Å². The molecule has 0 bridgehead atoms. The van der Waals surface area contributed by atoms with Gasteiger partial charge in [-0.05, 0) is 67.5 Å². The number of unbranched alkanes of at least 4 members (excludes halogenated alkanes) is 5.